The van der Waals surface area contributed by atoms with E-state index in [1.807, 2.05) is 18.2 Å². The Balaban J connectivity index is 1.71. The molecule has 2 aromatic heterocycles. The smallest absolute Gasteiger partial charge is 0.337 e. The molecular weight excluding hydrogens is 402 g/mol. The highest BCUT2D eigenvalue weighted by molar-refractivity contribution is 7.89. The molecule has 0 radical (unpaired) electrons. The molecule has 0 aliphatic carbocycles. The monoisotopic (exact) mass is 421 g/mol. The molecule has 28 heavy (non-hydrogen) atoms. The number of nitrogens with one attached hydrogen (secondary N) is 1. The lowest BCUT2D eigenvalue weighted by molar-refractivity contribution is 0.0600. The number of benzene rings is 1. The van der Waals surface area contributed by atoms with Gasteiger partial charge in [0.2, 0.25) is 10.0 Å². The Kier molecular flexibility index (Phi) is 6.18. The number of hydrogen-bond donors (Lipinski definition) is 1. The zero-order valence-corrected chi connectivity index (χ0v) is 16.9. The summed E-state index contributed by atoms with van der Waals surface area (Å²) in [5.41, 5.74) is 1.12. The Morgan fingerprint density at radius 1 is 1.18 bits per heavy atom. The average Bonchev–Trinajstić information content (AvgIpc) is 3.38. The zero-order chi connectivity index (χ0) is 20.1. The maximum Gasteiger partial charge on any atom is 0.337 e. The first-order valence-electron chi connectivity index (χ1n) is 8.32. The molecule has 3 aromatic rings. The van der Waals surface area contributed by atoms with E-state index < -0.39 is 16.0 Å². The van der Waals surface area contributed by atoms with E-state index in [1.54, 1.807) is 23.9 Å². The van der Waals surface area contributed by atoms with Crippen LogP contribution in [0.3, 0.4) is 0 Å². The third-order valence-electron chi connectivity index (χ3n) is 4.01. The molecule has 3 rings (SSSR count). The van der Waals surface area contributed by atoms with Crippen LogP contribution in [0.15, 0.2) is 58.2 Å². The van der Waals surface area contributed by atoms with Crippen LogP contribution in [0.1, 0.15) is 15.2 Å². The summed E-state index contributed by atoms with van der Waals surface area (Å²) in [7, 11) is -1.26. The first-order valence-corrected chi connectivity index (χ1v) is 10.6. The Labute approximate surface area is 167 Å². The van der Waals surface area contributed by atoms with Crippen LogP contribution in [0, 0.1) is 0 Å². The van der Waals surface area contributed by atoms with Crippen molar-refractivity contribution in [3.63, 3.8) is 0 Å². The zero-order valence-electron chi connectivity index (χ0n) is 15.3. The van der Waals surface area contributed by atoms with Gasteiger partial charge in [0.15, 0.2) is 0 Å². The van der Waals surface area contributed by atoms with Crippen molar-refractivity contribution in [1.29, 1.82) is 0 Å². The van der Waals surface area contributed by atoms with Crippen LogP contribution in [0.2, 0.25) is 0 Å². The van der Waals surface area contributed by atoms with E-state index in [0.717, 1.165) is 15.3 Å². The third-order valence-corrected chi connectivity index (χ3v) is 6.68. The van der Waals surface area contributed by atoms with Crippen molar-refractivity contribution in [3.05, 3.63) is 59.4 Å². The molecule has 0 saturated carbocycles. The summed E-state index contributed by atoms with van der Waals surface area (Å²) in [5, 5.41) is 0. The Morgan fingerprint density at radius 2 is 2.00 bits per heavy atom. The molecule has 1 aromatic carbocycles. The van der Waals surface area contributed by atoms with Gasteiger partial charge in [0.1, 0.15) is 10.6 Å². The number of sulfonamides is 1. The standard InChI is InChI=1S/C19H19NO6S2/c1-24-16-5-3-13(19(21)25-2)11-18(16)28(22,23)20-9-7-15-4-6-17(27-15)14-8-10-26-12-14/h3-6,8,10-12,20H,7,9H2,1-2H3. The quantitative estimate of drug-likeness (QED) is 0.561. The van der Waals surface area contributed by atoms with Gasteiger partial charge in [-0.2, -0.15) is 0 Å². The molecule has 0 amide bonds. The highest BCUT2D eigenvalue weighted by atomic mass is 32.2. The van der Waals surface area contributed by atoms with Gasteiger partial charge in [-0.1, -0.05) is 0 Å². The number of thiophene rings is 1. The predicted octanol–water partition coefficient (Wildman–Crippen LogP) is 3.32. The van der Waals surface area contributed by atoms with E-state index in [9.17, 15) is 13.2 Å². The van der Waals surface area contributed by atoms with Crippen molar-refractivity contribution >= 4 is 27.3 Å². The van der Waals surface area contributed by atoms with Crippen LogP contribution in [-0.4, -0.2) is 35.2 Å². The third kappa shape index (κ3) is 4.44. The number of hydrogen-bond acceptors (Lipinski definition) is 7. The van der Waals surface area contributed by atoms with Crippen molar-refractivity contribution < 1.29 is 27.1 Å². The maximum atomic E-state index is 12.7. The topological polar surface area (TPSA) is 94.8 Å². The summed E-state index contributed by atoms with van der Waals surface area (Å²) < 4.78 is 42.8. The molecule has 0 fully saturated rings. The summed E-state index contributed by atoms with van der Waals surface area (Å²) in [6.07, 6.45) is 3.80. The second-order valence-corrected chi connectivity index (χ2v) is 8.69. The van der Waals surface area contributed by atoms with Crippen LogP contribution in [0.5, 0.6) is 5.75 Å². The first kappa shape index (κ1) is 20.1. The minimum Gasteiger partial charge on any atom is -0.495 e. The van der Waals surface area contributed by atoms with Gasteiger partial charge >= 0.3 is 5.97 Å². The fraction of sp³-hybridized carbons (Fsp3) is 0.211. The largest absolute Gasteiger partial charge is 0.495 e. The average molecular weight is 421 g/mol. The normalized spacial score (nSPS) is 11.4. The van der Waals surface area contributed by atoms with Gasteiger partial charge in [-0.15, -0.1) is 11.3 Å². The molecule has 0 bridgehead atoms. The van der Waals surface area contributed by atoms with Gasteiger partial charge < -0.3 is 13.9 Å². The summed E-state index contributed by atoms with van der Waals surface area (Å²) in [6.45, 7) is 0.208. The van der Waals surface area contributed by atoms with E-state index in [1.165, 1.54) is 32.4 Å². The number of furan rings is 1. The summed E-state index contributed by atoms with van der Waals surface area (Å²) in [5.74, 6) is -0.469. The molecule has 0 saturated heterocycles. The van der Waals surface area contributed by atoms with Crippen LogP contribution in [0.25, 0.3) is 10.4 Å². The number of ether oxygens (including phenoxy) is 2. The lowest BCUT2D eigenvalue weighted by Crippen LogP contribution is -2.26. The van der Waals surface area contributed by atoms with Crippen LogP contribution >= 0.6 is 11.3 Å². The number of carbonyl (C=O) groups is 1. The molecule has 148 valence electrons. The van der Waals surface area contributed by atoms with E-state index >= 15 is 0 Å². The molecule has 0 spiro atoms. The Bertz CT molecular complexity index is 1050. The maximum absolute atomic E-state index is 12.7. The fourth-order valence-corrected chi connectivity index (χ4v) is 4.81. The van der Waals surface area contributed by atoms with Crippen molar-refractivity contribution in [2.45, 2.75) is 11.3 Å². The Morgan fingerprint density at radius 3 is 2.68 bits per heavy atom. The highest BCUT2D eigenvalue weighted by Gasteiger charge is 2.21. The summed E-state index contributed by atoms with van der Waals surface area (Å²) in [6, 6.07) is 9.93. The second kappa shape index (κ2) is 8.59. The molecule has 7 nitrogen and oxygen atoms in total. The predicted molar refractivity (Wildman–Crippen MR) is 105 cm³/mol. The van der Waals surface area contributed by atoms with Crippen molar-refractivity contribution in [1.82, 2.24) is 4.72 Å². The lowest BCUT2D eigenvalue weighted by atomic mass is 10.2. The lowest BCUT2D eigenvalue weighted by Gasteiger charge is -2.11. The number of methoxy groups -OCH3 is 2. The van der Waals surface area contributed by atoms with Gasteiger partial charge in [-0.05, 0) is 42.8 Å². The van der Waals surface area contributed by atoms with E-state index in [-0.39, 0.29) is 22.8 Å². The van der Waals surface area contributed by atoms with Crippen molar-refractivity contribution in [2.75, 3.05) is 20.8 Å². The van der Waals surface area contributed by atoms with E-state index in [4.69, 9.17) is 9.15 Å². The van der Waals surface area contributed by atoms with E-state index in [2.05, 4.69) is 9.46 Å². The molecule has 9 heteroatoms. The summed E-state index contributed by atoms with van der Waals surface area (Å²) in [4.78, 5) is 13.7. The van der Waals surface area contributed by atoms with Crippen LogP contribution in [0.4, 0.5) is 0 Å². The molecule has 2 heterocycles. The van der Waals surface area contributed by atoms with Gasteiger partial charge in [0.25, 0.3) is 0 Å². The first-order chi connectivity index (χ1) is 13.4. The van der Waals surface area contributed by atoms with Gasteiger partial charge in [-0.25, -0.2) is 17.9 Å². The molecule has 0 aliphatic heterocycles. The number of carbonyl (C=O) groups excluding carboxylic acids is 1. The van der Waals surface area contributed by atoms with Gasteiger partial charge in [0, 0.05) is 21.9 Å². The summed E-state index contributed by atoms with van der Waals surface area (Å²) >= 11 is 1.57. The van der Waals surface area contributed by atoms with Crippen LogP contribution < -0.4 is 9.46 Å². The molecular formula is C19H19NO6S2. The van der Waals surface area contributed by atoms with Gasteiger partial charge in [-0.3, -0.25) is 0 Å². The fourth-order valence-electron chi connectivity index (χ4n) is 2.59. The highest BCUT2D eigenvalue weighted by Crippen LogP contribution is 2.29. The number of esters is 1. The second-order valence-electron chi connectivity index (χ2n) is 5.78. The molecule has 0 unspecified atom stereocenters. The van der Waals surface area contributed by atoms with Crippen molar-refractivity contribution in [2.24, 2.45) is 0 Å². The van der Waals surface area contributed by atoms with Crippen LogP contribution in [-0.2, 0) is 21.2 Å². The van der Waals surface area contributed by atoms with Crippen molar-refractivity contribution in [3.8, 4) is 16.2 Å². The molecule has 0 aliphatic rings. The number of rotatable bonds is 8. The minimum absolute atomic E-state index is 0.108. The Hall–Kier alpha value is -2.62. The van der Waals surface area contributed by atoms with E-state index in [0.29, 0.717) is 6.42 Å². The van der Waals surface area contributed by atoms with Gasteiger partial charge in [0.05, 0.1) is 32.3 Å². The minimum atomic E-state index is -3.87. The molecule has 1 N–H and O–H groups in total. The molecule has 0 atom stereocenters. The SMILES string of the molecule is COC(=O)c1ccc(OC)c(S(=O)(=O)NCCc2ccc(-c3ccoc3)s2)c1.